The monoisotopic (exact) mass is 221 g/mol. The van der Waals surface area contributed by atoms with E-state index >= 15 is 0 Å². The van der Waals surface area contributed by atoms with Crippen molar-refractivity contribution in [3.63, 3.8) is 0 Å². The van der Waals surface area contributed by atoms with Gasteiger partial charge >= 0.3 is 5.97 Å². The summed E-state index contributed by atoms with van der Waals surface area (Å²) >= 11 is 0. The van der Waals surface area contributed by atoms with Crippen LogP contribution in [-0.4, -0.2) is 26.0 Å². The van der Waals surface area contributed by atoms with Gasteiger partial charge in [-0.05, 0) is 13.8 Å². The van der Waals surface area contributed by atoms with Gasteiger partial charge in [-0.2, -0.15) is 5.10 Å². The van der Waals surface area contributed by atoms with Crippen molar-refractivity contribution in [2.24, 2.45) is 7.05 Å². The summed E-state index contributed by atoms with van der Waals surface area (Å²) in [7, 11) is 1.79. The molecular weight excluding hydrogens is 210 g/mol. The number of hydrogen-bond donors (Lipinski definition) is 1. The fraction of sp³-hybridized carbons (Fsp3) is 0.300. The summed E-state index contributed by atoms with van der Waals surface area (Å²) in [6.45, 7) is 3.65. The smallest absolute Gasteiger partial charge is 0.341 e. The maximum Gasteiger partial charge on any atom is 0.341 e. The van der Waals surface area contributed by atoms with Gasteiger partial charge in [-0.3, -0.25) is 4.68 Å². The molecule has 0 amide bonds. The normalized spacial score (nSPS) is 10.7. The van der Waals surface area contributed by atoms with Crippen molar-refractivity contribution in [2.45, 2.75) is 13.8 Å². The summed E-state index contributed by atoms with van der Waals surface area (Å²) in [6, 6.07) is 0. The van der Waals surface area contributed by atoms with Crippen molar-refractivity contribution >= 4 is 5.97 Å². The summed E-state index contributed by atoms with van der Waals surface area (Å²) in [4.78, 5) is 11.0. The highest BCUT2D eigenvalue weighted by Crippen LogP contribution is 2.29. The molecule has 2 aromatic rings. The number of rotatable bonds is 2. The number of nitrogens with zero attached hydrogens (tertiary/aromatic N) is 3. The Kier molecular flexibility index (Phi) is 2.26. The van der Waals surface area contributed by atoms with E-state index in [9.17, 15) is 4.79 Å². The summed E-state index contributed by atoms with van der Waals surface area (Å²) in [6.07, 6.45) is 1.20. The molecule has 0 bridgehead atoms. The third kappa shape index (κ3) is 1.39. The van der Waals surface area contributed by atoms with Crippen LogP contribution >= 0.6 is 0 Å². The molecule has 2 rings (SSSR count). The van der Waals surface area contributed by atoms with E-state index in [1.54, 1.807) is 18.7 Å². The predicted octanol–water partition coefficient (Wildman–Crippen LogP) is 1.39. The Balaban J connectivity index is 2.67. The molecule has 0 aliphatic heterocycles. The van der Waals surface area contributed by atoms with Gasteiger partial charge in [-0.1, -0.05) is 5.16 Å². The van der Waals surface area contributed by atoms with Gasteiger partial charge in [0.05, 0.1) is 17.5 Å². The maximum absolute atomic E-state index is 11.0. The lowest BCUT2D eigenvalue weighted by Gasteiger charge is -1.98. The number of carboxylic acids is 1. The van der Waals surface area contributed by atoms with Crippen LogP contribution in [0.4, 0.5) is 0 Å². The zero-order valence-electron chi connectivity index (χ0n) is 9.18. The minimum atomic E-state index is -1.06. The standard InChI is InChI=1S/C10H11N3O3/c1-5-8(6(2)13(3)12-5)9-7(10(14)15)4-11-16-9/h4H,1-3H3,(H,14,15). The molecule has 84 valence electrons. The van der Waals surface area contributed by atoms with Crippen LogP contribution < -0.4 is 0 Å². The van der Waals surface area contributed by atoms with Crippen LogP contribution in [0.2, 0.25) is 0 Å². The van der Waals surface area contributed by atoms with Crippen molar-refractivity contribution < 1.29 is 14.4 Å². The van der Waals surface area contributed by atoms with Crippen molar-refractivity contribution in [1.82, 2.24) is 14.9 Å². The van der Waals surface area contributed by atoms with E-state index in [4.69, 9.17) is 9.63 Å². The molecule has 0 aliphatic rings. The van der Waals surface area contributed by atoms with Crippen molar-refractivity contribution in [3.8, 4) is 11.3 Å². The van der Waals surface area contributed by atoms with Gasteiger partial charge in [-0.15, -0.1) is 0 Å². The van der Waals surface area contributed by atoms with Gasteiger partial charge in [0.2, 0.25) is 0 Å². The molecule has 2 heterocycles. The summed E-state index contributed by atoms with van der Waals surface area (Å²) < 4.78 is 6.68. The Bertz CT molecular complexity index is 554. The van der Waals surface area contributed by atoms with Gasteiger partial charge < -0.3 is 9.63 Å². The Labute approximate surface area is 91.5 Å². The van der Waals surface area contributed by atoms with Crippen LogP contribution in [0.3, 0.4) is 0 Å². The van der Waals surface area contributed by atoms with E-state index < -0.39 is 5.97 Å². The van der Waals surface area contributed by atoms with Gasteiger partial charge in [0.25, 0.3) is 0 Å². The Morgan fingerprint density at radius 2 is 2.19 bits per heavy atom. The lowest BCUT2D eigenvalue weighted by atomic mass is 10.1. The topological polar surface area (TPSA) is 81.2 Å². The number of aromatic nitrogens is 3. The summed E-state index contributed by atoms with van der Waals surface area (Å²) in [5, 5.41) is 16.7. The largest absolute Gasteiger partial charge is 0.477 e. The number of carboxylic acid groups (broad SMARTS) is 1. The quantitative estimate of drug-likeness (QED) is 0.828. The van der Waals surface area contributed by atoms with Crippen LogP contribution in [-0.2, 0) is 7.05 Å². The highest BCUT2D eigenvalue weighted by molar-refractivity contribution is 5.94. The number of carbonyl (C=O) groups is 1. The van der Waals surface area contributed by atoms with Crippen LogP contribution in [0.25, 0.3) is 11.3 Å². The number of aromatic carboxylic acids is 1. The first-order chi connectivity index (χ1) is 7.52. The molecular formula is C10H11N3O3. The first kappa shape index (κ1) is 10.4. The second kappa shape index (κ2) is 3.48. The second-order valence-electron chi connectivity index (χ2n) is 3.54. The molecule has 0 saturated heterocycles. The molecule has 16 heavy (non-hydrogen) atoms. The highest BCUT2D eigenvalue weighted by Gasteiger charge is 2.22. The molecule has 0 aliphatic carbocycles. The third-order valence-electron chi connectivity index (χ3n) is 2.54. The molecule has 0 aromatic carbocycles. The lowest BCUT2D eigenvalue weighted by molar-refractivity contribution is 0.0697. The van der Waals surface area contributed by atoms with Crippen molar-refractivity contribution in [3.05, 3.63) is 23.1 Å². The molecule has 0 radical (unpaired) electrons. The highest BCUT2D eigenvalue weighted by atomic mass is 16.5. The van der Waals surface area contributed by atoms with E-state index in [2.05, 4.69) is 10.3 Å². The molecule has 1 N–H and O–H groups in total. The predicted molar refractivity (Wildman–Crippen MR) is 55.1 cm³/mol. The molecule has 6 heteroatoms. The van der Waals surface area contributed by atoms with E-state index in [0.29, 0.717) is 5.56 Å². The lowest BCUT2D eigenvalue weighted by Crippen LogP contribution is -1.97. The minimum Gasteiger partial charge on any atom is -0.477 e. The third-order valence-corrected chi connectivity index (χ3v) is 2.54. The van der Waals surface area contributed by atoms with Crippen molar-refractivity contribution in [1.29, 1.82) is 0 Å². The minimum absolute atomic E-state index is 0.0548. The zero-order valence-corrected chi connectivity index (χ0v) is 9.18. The van der Waals surface area contributed by atoms with Crippen molar-refractivity contribution in [2.75, 3.05) is 0 Å². The molecule has 0 atom stereocenters. The van der Waals surface area contributed by atoms with Crippen LogP contribution in [0.5, 0.6) is 0 Å². The van der Waals surface area contributed by atoms with Gasteiger partial charge in [0.1, 0.15) is 5.56 Å². The Hall–Kier alpha value is -2.11. The van der Waals surface area contributed by atoms with Gasteiger partial charge in [-0.25, -0.2) is 4.79 Å². The Morgan fingerprint density at radius 1 is 1.50 bits per heavy atom. The summed E-state index contributed by atoms with van der Waals surface area (Å²) in [5.74, 6) is -0.797. The fourth-order valence-electron chi connectivity index (χ4n) is 1.67. The first-order valence-corrected chi connectivity index (χ1v) is 4.71. The van der Waals surface area contributed by atoms with Crippen LogP contribution in [0.1, 0.15) is 21.7 Å². The average molecular weight is 221 g/mol. The first-order valence-electron chi connectivity index (χ1n) is 4.71. The molecule has 0 unspecified atom stereocenters. The molecule has 6 nitrogen and oxygen atoms in total. The summed E-state index contributed by atoms with van der Waals surface area (Å²) in [5.41, 5.74) is 2.31. The number of aryl methyl sites for hydroxylation is 2. The Morgan fingerprint density at radius 3 is 2.69 bits per heavy atom. The maximum atomic E-state index is 11.0. The fourth-order valence-corrected chi connectivity index (χ4v) is 1.67. The molecule has 0 fully saturated rings. The van der Waals surface area contributed by atoms with Gasteiger partial charge in [0, 0.05) is 12.7 Å². The molecule has 0 spiro atoms. The zero-order chi connectivity index (χ0) is 11.9. The average Bonchev–Trinajstić information content (AvgIpc) is 2.73. The van der Waals surface area contributed by atoms with E-state index in [1.807, 2.05) is 6.92 Å². The SMILES string of the molecule is Cc1nn(C)c(C)c1-c1oncc1C(=O)O. The van der Waals surface area contributed by atoms with E-state index in [1.165, 1.54) is 6.20 Å². The van der Waals surface area contributed by atoms with E-state index in [-0.39, 0.29) is 11.3 Å². The van der Waals surface area contributed by atoms with Crippen LogP contribution in [0, 0.1) is 13.8 Å². The molecule has 0 saturated carbocycles. The number of hydrogen-bond acceptors (Lipinski definition) is 4. The van der Waals surface area contributed by atoms with Crippen LogP contribution in [0.15, 0.2) is 10.7 Å². The second-order valence-corrected chi connectivity index (χ2v) is 3.54. The molecule has 2 aromatic heterocycles. The van der Waals surface area contributed by atoms with E-state index in [0.717, 1.165) is 11.4 Å². The van der Waals surface area contributed by atoms with Gasteiger partial charge in [0.15, 0.2) is 5.76 Å².